The summed E-state index contributed by atoms with van der Waals surface area (Å²) < 4.78 is 47.0. The summed E-state index contributed by atoms with van der Waals surface area (Å²) in [5.41, 5.74) is -3.00. The Balaban J connectivity index is 1.07. The summed E-state index contributed by atoms with van der Waals surface area (Å²) in [7, 11) is -5.79. The van der Waals surface area contributed by atoms with Crippen LogP contribution in [0.5, 0.6) is 0 Å². The third-order valence-electron chi connectivity index (χ3n) is 11.3. The quantitative estimate of drug-likeness (QED) is 0.145. The number of likely N-dealkylation sites (tertiary alicyclic amines) is 2. The molecule has 15 heteroatoms. The molecule has 298 valence electrons. The largest absolute Gasteiger partial charge is 0.399 e. The zero-order chi connectivity index (χ0) is 39.5. The third-order valence-corrected chi connectivity index (χ3v) is 13.4. The van der Waals surface area contributed by atoms with Crippen molar-refractivity contribution in [3.8, 4) is 0 Å². The number of fused-ring (bicyclic) bond motifs is 1. The lowest BCUT2D eigenvalue weighted by molar-refractivity contribution is -0.149. The summed E-state index contributed by atoms with van der Waals surface area (Å²) in [4.78, 5) is 67.0. The van der Waals surface area contributed by atoms with Gasteiger partial charge in [0.05, 0.1) is 18.0 Å². The first-order chi connectivity index (χ1) is 26.9. The van der Waals surface area contributed by atoms with Crippen LogP contribution in [0.1, 0.15) is 64.6 Å². The van der Waals surface area contributed by atoms with E-state index in [9.17, 15) is 37.5 Å². The Morgan fingerprint density at radius 2 is 1.64 bits per heavy atom. The van der Waals surface area contributed by atoms with Crippen LogP contribution in [0.25, 0.3) is 10.1 Å². The number of alkyl halides is 2. The predicted molar refractivity (Wildman–Crippen MR) is 209 cm³/mol. The molecular formula is C41H47F2N4O7PS. The smallest absolute Gasteiger partial charge is 0.370 e. The maximum absolute atomic E-state index is 14.6. The number of rotatable bonds is 12. The summed E-state index contributed by atoms with van der Waals surface area (Å²) in [6.45, 7) is 4.18. The van der Waals surface area contributed by atoms with Crippen molar-refractivity contribution >= 4 is 46.7 Å². The van der Waals surface area contributed by atoms with Crippen LogP contribution in [-0.4, -0.2) is 100 Å². The van der Waals surface area contributed by atoms with Gasteiger partial charge in [0.15, 0.2) is 0 Å². The van der Waals surface area contributed by atoms with E-state index < -0.39 is 36.8 Å². The minimum Gasteiger partial charge on any atom is -0.370 e. The van der Waals surface area contributed by atoms with Crippen LogP contribution < -0.4 is 5.32 Å². The minimum absolute atomic E-state index is 0.135. The minimum atomic E-state index is -5.79. The number of amides is 3. The molecule has 3 N–H and O–H groups in total. The molecule has 11 nitrogen and oxygen atoms in total. The van der Waals surface area contributed by atoms with Crippen LogP contribution in [0.3, 0.4) is 0 Å². The topological polar surface area (TPSA) is 140 Å². The fourth-order valence-corrected chi connectivity index (χ4v) is 9.51. The number of nitrogens with zero attached hydrogens (tertiary/aromatic N) is 3. The molecule has 3 aliphatic rings. The van der Waals surface area contributed by atoms with Crippen LogP contribution in [0.2, 0.25) is 0 Å². The average Bonchev–Trinajstić information content (AvgIpc) is 3.88. The van der Waals surface area contributed by atoms with Gasteiger partial charge in [-0.1, -0.05) is 66.7 Å². The van der Waals surface area contributed by atoms with Gasteiger partial charge in [-0.3, -0.25) is 18.9 Å². The monoisotopic (exact) mass is 808 g/mol. The molecule has 56 heavy (non-hydrogen) atoms. The Kier molecular flexibility index (Phi) is 12.3. The SMILES string of the molecule is O=C(NC(CC1CCN(CCc2ccccc2)CC1)C(=O)N1CCCC1C(=O)N1CCOC(c2ccccc2)C1)c1cc2cc(C(F)(F)P(=O)(O)O)ccc2s1. The van der Waals surface area contributed by atoms with Crippen LogP contribution in [0, 0.1) is 5.92 Å². The number of hydrogen-bond donors (Lipinski definition) is 3. The highest BCUT2D eigenvalue weighted by molar-refractivity contribution is 7.52. The highest BCUT2D eigenvalue weighted by atomic mass is 32.1. The molecular weight excluding hydrogens is 762 g/mol. The van der Waals surface area contributed by atoms with Gasteiger partial charge in [-0.2, -0.15) is 8.78 Å². The molecule has 0 aliphatic carbocycles. The molecule has 3 amide bonds. The van der Waals surface area contributed by atoms with E-state index in [-0.39, 0.29) is 34.1 Å². The second kappa shape index (κ2) is 17.2. The highest BCUT2D eigenvalue weighted by Crippen LogP contribution is 2.59. The fraction of sp³-hybridized carbons (Fsp3) is 0.439. The number of carbonyl (C=O) groups is 3. The number of piperidine rings is 1. The summed E-state index contributed by atoms with van der Waals surface area (Å²) >= 11 is 1.04. The highest BCUT2D eigenvalue weighted by Gasteiger charge is 2.50. The second-order valence-electron chi connectivity index (χ2n) is 15.0. The van der Waals surface area contributed by atoms with Gasteiger partial charge in [-0.25, -0.2) is 0 Å². The molecule has 4 heterocycles. The molecule has 0 radical (unpaired) electrons. The van der Waals surface area contributed by atoms with Crippen LogP contribution >= 0.6 is 18.9 Å². The van der Waals surface area contributed by atoms with E-state index >= 15 is 0 Å². The van der Waals surface area contributed by atoms with Crippen molar-refractivity contribution in [2.75, 3.05) is 45.9 Å². The number of carbonyl (C=O) groups excluding carboxylic acids is 3. The maximum atomic E-state index is 14.6. The van der Waals surface area contributed by atoms with E-state index in [0.29, 0.717) is 50.2 Å². The summed E-state index contributed by atoms with van der Waals surface area (Å²) in [5.74, 6) is -0.878. The van der Waals surface area contributed by atoms with Crippen molar-refractivity contribution in [2.45, 2.75) is 62.4 Å². The predicted octanol–water partition coefficient (Wildman–Crippen LogP) is 6.16. The Morgan fingerprint density at radius 1 is 0.929 bits per heavy atom. The van der Waals surface area contributed by atoms with Gasteiger partial charge in [0.25, 0.3) is 5.91 Å². The fourth-order valence-electron chi connectivity index (χ4n) is 8.09. The third kappa shape index (κ3) is 9.06. The van der Waals surface area contributed by atoms with E-state index in [1.165, 1.54) is 17.7 Å². The number of morpholine rings is 1. The molecule has 7 rings (SSSR count). The molecule has 4 aromatic rings. The summed E-state index contributed by atoms with van der Waals surface area (Å²) in [6, 6.07) is 23.1. The van der Waals surface area contributed by atoms with Gasteiger partial charge >= 0.3 is 13.3 Å². The number of hydrogen-bond acceptors (Lipinski definition) is 7. The number of halogens is 2. The van der Waals surface area contributed by atoms with Gasteiger partial charge in [0.1, 0.15) is 18.2 Å². The van der Waals surface area contributed by atoms with E-state index in [1.807, 2.05) is 48.5 Å². The molecule has 3 saturated heterocycles. The molecule has 1 aromatic heterocycles. The van der Waals surface area contributed by atoms with Gasteiger partial charge in [0, 0.05) is 29.9 Å². The normalized spacial score (nSPS) is 20.6. The van der Waals surface area contributed by atoms with Crippen LogP contribution in [-0.2, 0) is 31.0 Å². The Bertz CT molecular complexity index is 2060. The van der Waals surface area contributed by atoms with Gasteiger partial charge in [-0.05, 0) is 92.2 Å². The Labute approximate surface area is 328 Å². The van der Waals surface area contributed by atoms with Crippen molar-refractivity contribution in [3.63, 3.8) is 0 Å². The van der Waals surface area contributed by atoms with Gasteiger partial charge in [0.2, 0.25) is 11.8 Å². The van der Waals surface area contributed by atoms with Crippen molar-refractivity contribution < 1.29 is 42.3 Å². The van der Waals surface area contributed by atoms with E-state index in [0.717, 1.165) is 67.9 Å². The first kappa shape index (κ1) is 40.2. The van der Waals surface area contributed by atoms with Crippen molar-refractivity contribution in [3.05, 3.63) is 106 Å². The van der Waals surface area contributed by atoms with Crippen molar-refractivity contribution in [1.82, 2.24) is 20.0 Å². The molecule has 0 spiro atoms. The van der Waals surface area contributed by atoms with Crippen molar-refractivity contribution in [2.24, 2.45) is 5.92 Å². The zero-order valence-electron chi connectivity index (χ0n) is 31.0. The van der Waals surface area contributed by atoms with E-state index in [1.54, 1.807) is 9.80 Å². The van der Waals surface area contributed by atoms with Crippen LogP contribution in [0.4, 0.5) is 8.78 Å². The lowest BCUT2D eigenvalue weighted by atomic mass is 9.89. The summed E-state index contributed by atoms with van der Waals surface area (Å²) in [6.07, 6.45) is 3.88. The Hall–Kier alpha value is -4.04. The van der Waals surface area contributed by atoms with Crippen molar-refractivity contribution in [1.29, 1.82) is 0 Å². The molecule has 3 atom stereocenters. The standard InChI is InChI=1S/C41H47F2N4O7PS/c42-41(43,55(51,52)53)32-13-14-36-31(25-32)26-37(56-36)38(48)44-33(24-29-16-20-45(21-17-29)19-15-28-8-3-1-4-9-28)39(49)47-18-7-12-34(47)40(50)46-22-23-54-35(27-46)30-10-5-2-6-11-30/h1-6,8-11,13-14,25-26,29,33-35H,7,12,15-24,27H2,(H,44,48)(H2,51,52,53). The lowest BCUT2D eigenvalue weighted by Gasteiger charge is -2.38. The number of ether oxygens (including phenoxy) is 1. The average molecular weight is 809 g/mol. The first-order valence-corrected chi connectivity index (χ1v) is 21.6. The molecule has 3 aromatic carbocycles. The molecule has 0 saturated carbocycles. The molecule has 3 fully saturated rings. The zero-order valence-corrected chi connectivity index (χ0v) is 32.7. The number of benzene rings is 3. The Morgan fingerprint density at radius 3 is 2.36 bits per heavy atom. The van der Waals surface area contributed by atoms with Crippen LogP contribution in [0.15, 0.2) is 84.9 Å². The van der Waals surface area contributed by atoms with Gasteiger partial charge < -0.3 is 34.5 Å². The van der Waals surface area contributed by atoms with Gasteiger partial charge in [-0.15, -0.1) is 11.3 Å². The molecule has 3 aliphatic heterocycles. The maximum Gasteiger partial charge on any atom is 0.399 e. The number of thiophene rings is 1. The second-order valence-corrected chi connectivity index (χ2v) is 17.7. The lowest BCUT2D eigenvalue weighted by Crippen LogP contribution is -2.56. The molecule has 0 bridgehead atoms. The first-order valence-electron chi connectivity index (χ1n) is 19.2. The van der Waals surface area contributed by atoms with E-state index in [4.69, 9.17) is 4.74 Å². The summed E-state index contributed by atoms with van der Waals surface area (Å²) in [5, 5.41) is 3.19. The number of nitrogens with one attached hydrogen (secondary N) is 1. The molecule has 3 unspecified atom stereocenters. The van der Waals surface area contributed by atoms with E-state index in [2.05, 4.69) is 22.3 Å².